The fourth-order valence-electron chi connectivity index (χ4n) is 2.74. The summed E-state index contributed by atoms with van der Waals surface area (Å²) < 4.78 is 5.54. The van der Waals surface area contributed by atoms with Crippen LogP contribution in [0.15, 0.2) is 39.9 Å². The zero-order valence-electron chi connectivity index (χ0n) is 10.9. The molecule has 0 spiro atoms. The van der Waals surface area contributed by atoms with Gasteiger partial charge in [-0.2, -0.15) is 0 Å². The highest BCUT2D eigenvalue weighted by atomic mass is 16.3. The van der Waals surface area contributed by atoms with Crippen LogP contribution in [0.25, 0.3) is 11.0 Å². The molecular formula is C15H19N3O. The summed E-state index contributed by atoms with van der Waals surface area (Å²) >= 11 is 0. The third-order valence-electron chi connectivity index (χ3n) is 3.76. The maximum Gasteiger partial charge on any atom is 0.146 e. The lowest BCUT2D eigenvalue weighted by atomic mass is 9.96. The first kappa shape index (κ1) is 12.2. The SMILES string of the molecule is NNC(=NC1CCCCC1)c1coc2ccccc12. The van der Waals surface area contributed by atoms with Crippen LogP contribution < -0.4 is 11.3 Å². The van der Waals surface area contributed by atoms with Crippen molar-refractivity contribution < 1.29 is 4.42 Å². The Morgan fingerprint density at radius 1 is 1.21 bits per heavy atom. The van der Waals surface area contributed by atoms with E-state index in [1.165, 1.54) is 19.3 Å². The minimum absolute atomic E-state index is 0.383. The third-order valence-corrected chi connectivity index (χ3v) is 3.76. The smallest absolute Gasteiger partial charge is 0.146 e. The summed E-state index contributed by atoms with van der Waals surface area (Å²) in [4.78, 5) is 4.77. The Balaban J connectivity index is 1.95. The van der Waals surface area contributed by atoms with Gasteiger partial charge in [0, 0.05) is 5.39 Å². The molecule has 4 nitrogen and oxygen atoms in total. The second-order valence-electron chi connectivity index (χ2n) is 5.06. The second kappa shape index (κ2) is 5.45. The van der Waals surface area contributed by atoms with E-state index in [1.807, 2.05) is 24.3 Å². The largest absolute Gasteiger partial charge is 0.464 e. The molecule has 3 N–H and O–H groups in total. The van der Waals surface area contributed by atoms with Gasteiger partial charge in [-0.15, -0.1) is 0 Å². The van der Waals surface area contributed by atoms with Gasteiger partial charge in [-0.25, -0.2) is 5.84 Å². The number of nitrogens with one attached hydrogen (secondary N) is 1. The molecule has 0 atom stereocenters. The Kier molecular flexibility index (Phi) is 3.51. The van der Waals surface area contributed by atoms with Gasteiger partial charge in [0.2, 0.25) is 0 Å². The molecule has 1 aliphatic carbocycles. The number of nitrogens with two attached hydrogens (primary N) is 1. The van der Waals surface area contributed by atoms with Crippen LogP contribution in [0, 0.1) is 0 Å². The van der Waals surface area contributed by atoms with Crippen LogP contribution in [-0.2, 0) is 0 Å². The van der Waals surface area contributed by atoms with E-state index in [1.54, 1.807) is 6.26 Å². The van der Waals surface area contributed by atoms with E-state index in [2.05, 4.69) is 5.43 Å². The number of benzene rings is 1. The summed E-state index contributed by atoms with van der Waals surface area (Å²) in [7, 11) is 0. The monoisotopic (exact) mass is 257 g/mol. The molecule has 2 aromatic rings. The number of nitrogens with zero attached hydrogens (tertiary/aromatic N) is 1. The highest BCUT2D eigenvalue weighted by Gasteiger charge is 2.16. The highest BCUT2D eigenvalue weighted by Crippen LogP contribution is 2.24. The molecule has 0 bridgehead atoms. The standard InChI is InChI=1S/C15H19N3O/c16-18-15(17-11-6-2-1-3-7-11)13-10-19-14-9-5-4-8-12(13)14/h4-5,8-11H,1-3,6-7,16H2,(H,17,18). The molecule has 0 saturated heterocycles. The molecule has 1 fully saturated rings. The lowest BCUT2D eigenvalue weighted by Crippen LogP contribution is -2.32. The van der Waals surface area contributed by atoms with E-state index < -0.39 is 0 Å². The molecular weight excluding hydrogens is 238 g/mol. The van der Waals surface area contributed by atoms with E-state index in [4.69, 9.17) is 15.3 Å². The van der Waals surface area contributed by atoms with Crippen LogP contribution in [0.3, 0.4) is 0 Å². The van der Waals surface area contributed by atoms with Crippen molar-refractivity contribution in [2.75, 3.05) is 0 Å². The molecule has 4 heteroatoms. The van der Waals surface area contributed by atoms with Crippen molar-refractivity contribution in [3.63, 3.8) is 0 Å². The second-order valence-corrected chi connectivity index (χ2v) is 5.06. The number of fused-ring (bicyclic) bond motifs is 1. The van der Waals surface area contributed by atoms with Gasteiger partial charge in [-0.3, -0.25) is 4.99 Å². The van der Waals surface area contributed by atoms with Gasteiger partial charge in [0.05, 0.1) is 11.6 Å². The molecule has 3 rings (SSSR count). The molecule has 0 unspecified atom stereocenters. The van der Waals surface area contributed by atoms with Crippen LogP contribution >= 0.6 is 0 Å². The van der Waals surface area contributed by atoms with E-state index in [9.17, 15) is 0 Å². The summed E-state index contributed by atoms with van der Waals surface area (Å²) in [5.74, 6) is 6.38. The van der Waals surface area contributed by atoms with Crippen molar-refractivity contribution in [1.29, 1.82) is 0 Å². The first-order valence-corrected chi connectivity index (χ1v) is 6.89. The maximum atomic E-state index is 5.65. The lowest BCUT2D eigenvalue weighted by molar-refractivity contribution is 0.442. The highest BCUT2D eigenvalue weighted by molar-refractivity contribution is 6.08. The van der Waals surface area contributed by atoms with Gasteiger partial charge in [0.25, 0.3) is 0 Å². The van der Waals surface area contributed by atoms with Crippen molar-refractivity contribution >= 4 is 16.8 Å². The number of amidine groups is 1. The van der Waals surface area contributed by atoms with Gasteiger partial charge in [-0.05, 0) is 18.9 Å². The van der Waals surface area contributed by atoms with Gasteiger partial charge in [0.15, 0.2) is 0 Å². The Hall–Kier alpha value is -1.81. The van der Waals surface area contributed by atoms with Crippen molar-refractivity contribution in [2.45, 2.75) is 38.1 Å². The lowest BCUT2D eigenvalue weighted by Gasteiger charge is -2.18. The minimum atomic E-state index is 0.383. The molecule has 1 heterocycles. The summed E-state index contributed by atoms with van der Waals surface area (Å²) in [6.45, 7) is 0. The normalized spacial score (nSPS) is 17.8. The molecule has 1 aromatic heterocycles. The number of aliphatic imine (C=N–C) groups is 1. The van der Waals surface area contributed by atoms with Crippen LogP contribution in [0.2, 0.25) is 0 Å². The number of hydrazine groups is 1. The van der Waals surface area contributed by atoms with E-state index in [0.29, 0.717) is 6.04 Å². The summed E-state index contributed by atoms with van der Waals surface area (Å²) in [5.41, 5.74) is 4.55. The Bertz CT molecular complexity index is 582. The van der Waals surface area contributed by atoms with Crippen LogP contribution in [0.5, 0.6) is 0 Å². The molecule has 1 saturated carbocycles. The average Bonchev–Trinajstić information content (AvgIpc) is 2.90. The topological polar surface area (TPSA) is 63.5 Å². The predicted octanol–water partition coefficient (Wildman–Crippen LogP) is 2.98. The number of para-hydroxylation sites is 1. The van der Waals surface area contributed by atoms with Crippen molar-refractivity contribution in [3.05, 3.63) is 36.1 Å². The number of hydrogen-bond donors (Lipinski definition) is 2. The van der Waals surface area contributed by atoms with Crippen LogP contribution in [0.4, 0.5) is 0 Å². The zero-order chi connectivity index (χ0) is 13.1. The zero-order valence-corrected chi connectivity index (χ0v) is 10.9. The summed E-state index contributed by atoms with van der Waals surface area (Å²) in [6.07, 6.45) is 7.89. The van der Waals surface area contributed by atoms with Crippen molar-refractivity contribution in [2.24, 2.45) is 10.8 Å². The van der Waals surface area contributed by atoms with E-state index in [-0.39, 0.29) is 0 Å². The van der Waals surface area contributed by atoms with E-state index in [0.717, 1.165) is 35.2 Å². The number of hydrogen-bond acceptors (Lipinski definition) is 3. The van der Waals surface area contributed by atoms with Gasteiger partial charge in [0.1, 0.15) is 17.7 Å². The molecule has 1 aromatic carbocycles. The van der Waals surface area contributed by atoms with Crippen LogP contribution in [-0.4, -0.2) is 11.9 Å². The number of furan rings is 1. The number of rotatable bonds is 2. The third kappa shape index (κ3) is 2.49. The van der Waals surface area contributed by atoms with E-state index >= 15 is 0 Å². The first-order valence-electron chi connectivity index (χ1n) is 6.89. The Morgan fingerprint density at radius 2 is 2.00 bits per heavy atom. The predicted molar refractivity (Wildman–Crippen MR) is 76.9 cm³/mol. The molecule has 19 heavy (non-hydrogen) atoms. The Morgan fingerprint density at radius 3 is 2.79 bits per heavy atom. The molecule has 100 valence electrons. The summed E-state index contributed by atoms with van der Waals surface area (Å²) in [5, 5.41) is 1.05. The van der Waals surface area contributed by atoms with Crippen molar-refractivity contribution in [1.82, 2.24) is 5.43 Å². The van der Waals surface area contributed by atoms with Crippen LogP contribution in [0.1, 0.15) is 37.7 Å². The summed E-state index contributed by atoms with van der Waals surface area (Å²) in [6, 6.07) is 8.32. The average molecular weight is 257 g/mol. The Labute approximate surface area is 112 Å². The van der Waals surface area contributed by atoms with Gasteiger partial charge in [-0.1, -0.05) is 37.5 Å². The molecule has 0 radical (unpaired) electrons. The van der Waals surface area contributed by atoms with Gasteiger partial charge < -0.3 is 9.84 Å². The quantitative estimate of drug-likeness (QED) is 0.376. The fraction of sp³-hybridized carbons (Fsp3) is 0.400. The fourth-order valence-corrected chi connectivity index (χ4v) is 2.74. The van der Waals surface area contributed by atoms with Gasteiger partial charge >= 0.3 is 0 Å². The molecule has 1 aliphatic rings. The maximum absolute atomic E-state index is 5.65. The molecule has 0 aliphatic heterocycles. The molecule has 0 amide bonds. The minimum Gasteiger partial charge on any atom is -0.464 e. The first-order chi connectivity index (χ1) is 9.38. The van der Waals surface area contributed by atoms with Crippen molar-refractivity contribution in [3.8, 4) is 0 Å².